The number of rotatable bonds is 9. The number of aromatic nitrogens is 1. The quantitative estimate of drug-likeness (QED) is 0.423. The minimum Gasteiger partial charge on any atom is -0.478 e. The van der Waals surface area contributed by atoms with E-state index in [0.717, 1.165) is 44.6 Å². The van der Waals surface area contributed by atoms with Crippen LogP contribution in [0.1, 0.15) is 36.5 Å². The van der Waals surface area contributed by atoms with Gasteiger partial charge >= 0.3 is 5.97 Å². The number of pyridine rings is 1. The molecule has 0 aliphatic carbocycles. The maximum atomic E-state index is 10.7. The lowest BCUT2D eigenvalue weighted by Crippen LogP contribution is -2.33. The predicted molar refractivity (Wildman–Crippen MR) is 73.1 cm³/mol. The number of carboxylic acid groups (broad SMARTS) is 1. The van der Waals surface area contributed by atoms with Gasteiger partial charge in [-0.05, 0) is 19.8 Å². The van der Waals surface area contributed by atoms with E-state index < -0.39 is 5.97 Å². The monoisotopic (exact) mass is 264 g/mol. The fourth-order valence-electron chi connectivity index (χ4n) is 1.60. The maximum Gasteiger partial charge on any atom is 0.336 e. The summed E-state index contributed by atoms with van der Waals surface area (Å²) in [6.45, 7) is 8.21. The lowest BCUT2D eigenvalue weighted by molar-refractivity contribution is -0.697. The molecule has 0 unspecified atom stereocenters. The molecule has 1 heterocycles. The second kappa shape index (κ2) is 8.43. The predicted octanol–water partition coefficient (Wildman–Crippen LogP) is 2.44. The van der Waals surface area contributed by atoms with Crippen molar-refractivity contribution < 1.29 is 19.2 Å². The Bertz CT molecular complexity index is 412. The zero-order valence-corrected chi connectivity index (χ0v) is 11.5. The fraction of sp³-hybridized carbons (Fsp3) is 0.467. The van der Waals surface area contributed by atoms with Crippen LogP contribution >= 0.6 is 0 Å². The standard InChI is InChI=1S/C15H21NO3/c1-13(2)7-12-19-11-4-3-8-16-9-5-14(6-10-16)15(17)18/h5-6,9-10H,1,3-4,7-8,11-12H2,2H3/p+1. The van der Waals surface area contributed by atoms with E-state index in [1.54, 1.807) is 24.5 Å². The third-order valence-electron chi connectivity index (χ3n) is 2.77. The van der Waals surface area contributed by atoms with E-state index in [4.69, 9.17) is 9.84 Å². The molecule has 1 N–H and O–H groups in total. The van der Waals surface area contributed by atoms with Crippen LogP contribution in [-0.2, 0) is 11.3 Å². The average Bonchev–Trinajstić information content (AvgIpc) is 2.38. The van der Waals surface area contributed by atoms with E-state index in [1.165, 1.54) is 0 Å². The third-order valence-corrected chi connectivity index (χ3v) is 2.77. The maximum absolute atomic E-state index is 10.7. The van der Waals surface area contributed by atoms with Crippen molar-refractivity contribution in [2.24, 2.45) is 0 Å². The minimum absolute atomic E-state index is 0.319. The highest BCUT2D eigenvalue weighted by molar-refractivity contribution is 5.87. The Balaban J connectivity index is 2.12. The van der Waals surface area contributed by atoms with Crippen molar-refractivity contribution >= 4 is 5.97 Å². The van der Waals surface area contributed by atoms with Crippen molar-refractivity contribution in [1.82, 2.24) is 0 Å². The van der Waals surface area contributed by atoms with Gasteiger partial charge in [0.25, 0.3) is 0 Å². The molecular weight excluding hydrogens is 242 g/mol. The molecule has 0 aliphatic rings. The van der Waals surface area contributed by atoms with Crippen molar-refractivity contribution in [3.63, 3.8) is 0 Å². The molecule has 0 saturated heterocycles. The van der Waals surface area contributed by atoms with E-state index in [1.807, 2.05) is 11.5 Å². The van der Waals surface area contributed by atoms with Crippen LogP contribution in [0.3, 0.4) is 0 Å². The zero-order chi connectivity index (χ0) is 14.1. The number of hydrogen-bond acceptors (Lipinski definition) is 2. The molecule has 0 spiro atoms. The van der Waals surface area contributed by atoms with Gasteiger partial charge in [0.1, 0.15) is 6.54 Å². The Morgan fingerprint density at radius 1 is 1.32 bits per heavy atom. The summed E-state index contributed by atoms with van der Waals surface area (Å²) in [7, 11) is 0. The van der Waals surface area contributed by atoms with Gasteiger partial charge in [0, 0.05) is 25.2 Å². The van der Waals surface area contributed by atoms with Crippen molar-refractivity contribution in [1.29, 1.82) is 0 Å². The number of carbonyl (C=O) groups is 1. The molecule has 0 saturated carbocycles. The number of hydrogen-bond donors (Lipinski definition) is 1. The van der Waals surface area contributed by atoms with Crippen LogP contribution in [0.15, 0.2) is 36.7 Å². The third kappa shape index (κ3) is 6.72. The van der Waals surface area contributed by atoms with Crippen LogP contribution in [0, 0.1) is 0 Å². The molecular formula is C15H22NO3+. The van der Waals surface area contributed by atoms with E-state index in [-0.39, 0.29) is 0 Å². The van der Waals surface area contributed by atoms with Crippen molar-refractivity contribution in [3.05, 3.63) is 42.2 Å². The van der Waals surface area contributed by atoms with Crippen molar-refractivity contribution in [2.75, 3.05) is 13.2 Å². The summed E-state index contributed by atoms with van der Waals surface area (Å²) in [6, 6.07) is 3.23. The molecule has 0 fully saturated rings. The first-order chi connectivity index (χ1) is 9.09. The van der Waals surface area contributed by atoms with E-state index in [2.05, 4.69) is 6.58 Å². The SMILES string of the molecule is C=C(C)CCOCCCC[n+]1ccc(C(=O)O)cc1. The van der Waals surface area contributed by atoms with Gasteiger partial charge in [-0.25, -0.2) is 9.36 Å². The van der Waals surface area contributed by atoms with Gasteiger partial charge in [-0.3, -0.25) is 0 Å². The molecule has 1 aromatic heterocycles. The van der Waals surface area contributed by atoms with E-state index >= 15 is 0 Å². The Labute approximate surface area is 114 Å². The second-order valence-corrected chi connectivity index (χ2v) is 4.66. The number of aryl methyl sites for hydroxylation is 1. The van der Waals surface area contributed by atoms with Gasteiger partial charge in [-0.1, -0.05) is 5.57 Å². The Morgan fingerprint density at radius 3 is 2.58 bits per heavy atom. The molecule has 1 rings (SSSR count). The van der Waals surface area contributed by atoms with Gasteiger partial charge in [-0.15, -0.1) is 6.58 Å². The second-order valence-electron chi connectivity index (χ2n) is 4.66. The molecule has 0 radical (unpaired) electrons. The largest absolute Gasteiger partial charge is 0.478 e. The van der Waals surface area contributed by atoms with E-state index in [9.17, 15) is 4.79 Å². The molecule has 1 aromatic rings. The average molecular weight is 264 g/mol. The summed E-state index contributed by atoms with van der Waals surface area (Å²) in [4.78, 5) is 10.7. The lowest BCUT2D eigenvalue weighted by atomic mass is 10.2. The topological polar surface area (TPSA) is 50.4 Å². The van der Waals surface area contributed by atoms with Crippen LogP contribution in [0.25, 0.3) is 0 Å². The van der Waals surface area contributed by atoms with Crippen LogP contribution < -0.4 is 4.57 Å². The summed E-state index contributed by atoms with van der Waals surface area (Å²) in [5.74, 6) is -0.891. The molecule has 19 heavy (non-hydrogen) atoms. The Hall–Kier alpha value is -1.68. The van der Waals surface area contributed by atoms with Gasteiger partial charge in [-0.2, -0.15) is 0 Å². The summed E-state index contributed by atoms with van der Waals surface area (Å²) in [5.41, 5.74) is 1.47. The highest BCUT2D eigenvalue weighted by Gasteiger charge is 2.05. The number of nitrogens with zero attached hydrogens (tertiary/aromatic N) is 1. The van der Waals surface area contributed by atoms with Crippen LogP contribution in [0.4, 0.5) is 0 Å². The number of aromatic carboxylic acids is 1. The zero-order valence-electron chi connectivity index (χ0n) is 11.5. The fourth-order valence-corrected chi connectivity index (χ4v) is 1.60. The van der Waals surface area contributed by atoms with Gasteiger partial charge in [0.15, 0.2) is 12.4 Å². The Morgan fingerprint density at radius 2 is 2.00 bits per heavy atom. The molecule has 0 amide bonds. The number of carboxylic acids is 1. The Kier molecular flexibility index (Phi) is 6.82. The smallest absolute Gasteiger partial charge is 0.336 e. The van der Waals surface area contributed by atoms with Gasteiger partial charge in [0.2, 0.25) is 0 Å². The first kappa shape index (κ1) is 15.4. The van der Waals surface area contributed by atoms with Gasteiger partial charge in [0.05, 0.1) is 12.2 Å². The van der Waals surface area contributed by atoms with Crippen LogP contribution in [-0.4, -0.2) is 24.3 Å². The minimum atomic E-state index is -0.891. The van der Waals surface area contributed by atoms with Gasteiger partial charge < -0.3 is 9.84 Å². The summed E-state index contributed by atoms with van der Waals surface area (Å²) >= 11 is 0. The van der Waals surface area contributed by atoms with Crippen molar-refractivity contribution in [2.45, 2.75) is 32.7 Å². The summed E-state index contributed by atoms with van der Waals surface area (Å²) in [6.07, 6.45) is 6.54. The van der Waals surface area contributed by atoms with Crippen LogP contribution in [0.5, 0.6) is 0 Å². The summed E-state index contributed by atoms with van der Waals surface area (Å²) < 4.78 is 7.47. The highest BCUT2D eigenvalue weighted by atomic mass is 16.5. The molecule has 0 aromatic carbocycles. The molecule has 4 nitrogen and oxygen atoms in total. The molecule has 0 atom stereocenters. The normalized spacial score (nSPS) is 10.4. The van der Waals surface area contributed by atoms with Crippen molar-refractivity contribution in [3.8, 4) is 0 Å². The summed E-state index contributed by atoms with van der Waals surface area (Å²) in [5, 5.41) is 8.78. The number of unbranched alkanes of at least 4 members (excludes halogenated alkanes) is 1. The first-order valence-electron chi connectivity index (χ1n) is 6.54. The van der Waals surface area contributed by atoms with E-state index in [0.29, 0.717) is 5.56 Å². The highest BCUT2D eigenvalue weighted by Crippen LogP contribution is 1.98. The molecule has 0 aliphatic heterocycles. The number of ether oxygens (including phenoxy) is 1. The van der Waals surface area contributed by atoms with Crippen LogP contribution in [0.2, 0.25) is 0 Å². The molecule has 0 bridgehead atoms. The lowest BCUT2D eigenvalue weighted by Gasteiger charge is -2.03. The molecule has 104 valence electrons. The first-order valence-corrected chi connectivity index (χ1v) is 6.54. The molecule has 4 heteroatoms.